The smallest absolute Gasteiger partial charge is 0.215 e. The number of hydrogen-bond donors (Lipinski definition) is 11. The third-order valence-electron chi connectivity index (χ3n) is 9.67. The number of ether oxygens (including phenoxy) is 7. The van der Waals surface area contributed by atoms with Gasteiger partial charge in [-0.25, -0.2) is 0 Å². The Morgan fingerprint density at radius 3 is 2.13 bits per heavy atom. The van der Waals surface area contributed by atoms with Gasteiger partial charge in [-0.15, -0.1) is 0 Å². The number of phenolic OH excluding ortho intramolecular Hbond substituents is 4. The van der Waals surface area contributed by atoms with Crippen molar-refractivity contribution in [3.05, 3.63) is 83.1 Å². The zero-order chi connectivity index (χ0) is 38.2. The highest BCUT2D eigenvalue weighted by molar-refractivity contribution is 5.67. The summed E-state index contributed by atoms with van der Waals surface area (Å²) in [6, 6.07) is 4.28. The van der Waals surface area contributed by atoms with Gasteiger partial charge in [0.25, 0.3) is 0 Å². The predicted molar refractivity (Wildman–Crippen MR) is 177 cm³/mol. The summed E-state index contributed by atoms with van der Waals surface area (Å²) in [5, 5.41) is 116. The van der Waals surface area contributed by atoms with Crippen molar-refractivity contribution in [2.75, 3.05) is 0 Å². The van der Waals surface area contributed by atoms with Crippen LogP contribution in [0.25, 0.3) is 0 Å². The number of aliphatic hydroxyl groups excluding tert-OH is 7. The Morgan fingerprint density at radius 1 is 0.685 bits per heavy atom. The number of benzene rings is 2. The van der Waals surface area contributed by atoms with Gasteiger partial charge >= 0.3 is 0 Å². The summed E-state index contributed by atoms with van der Waals surface area (Å²) in [6.07, 6.45) is -8.35. The molecule has 0 aromatic heterocycles. The Balaban J connectivity index is 0.957. The summed E-state index contributed by atoms with van der Waals surface area (Å²) in [5.41, 5.74) is 0. The SMILES string of the molecule is OC1=CC(OC2C(O)CC(OC3C(O)=CC(O)C4OC5=CC(O)CC(O)=C5OC34)CC2O)=CC2Oc3c(O)cc(O)c(Oc4cc(O)cc(O)c4)c3OC12. The molecule has 18 nitrogen and oxygen atoms in total. The molecular weight excluding hydrogens is 720 g/mol. The van der Waals surface area contributed by atoms with E-state index in [4.69, 9.17) is 33.2 Å². The first kappa shape index (κ1) is 35.4. The van der Waals surface area contributed by atoms with Crippen LogP contribution in [0.1, 0.15) is 19.3 Å². The molecule has 9 atom stereocenters. The minimum Gasteiger partial charge on any atom is -0.510 e. The average molecular weight is 757 g/mol. The minimum atomic E-state index is -1.35. The van der Waals surface area contributed by atoms with Gasteiger partial charge in [0.1, 0.15) is 46.4 Å². The van der Waals surface area contributed by atoms with E-state index >= 15 is 0 Å². The fraction of sp³-hybridized carbons (Fsp3) is 0.389. The molecule has 1 saturated heterocycles. The third-order valence-corrected chi connectivity index (χ3v) is 9.67. The average Bonchev–Trinajstić information content (AvgIpc) is 3.09. The van der Waals surface area contributed by atoms with E-state index in [0.29, 0.717) is 0 Å². The number of allylic oxidation sites excluding steroid dienone is 1. The monoisotopic (exact) mass is 756 g/mol. The molecule has 2 fully saturated rings. The second-order valence-electron chi connectivity index (χ2n) is 13.6. The highest BCUT2D eigenvalue weighted by Gasteiger charge is 2.51. The highest BCUT2D eigenvalue weighted by Crippen LogP contribution is 2.55. The molecule has 6 aliphatic rings. The van der Waals surface area contributed by atoms with E-state index in [1.165, 1.54) is 18.2 Å². The number of aromatic hydroxyl groups is 4. The van der Waals surface area contributed by atoms with Crippen molar-refractivity contribution in [1.82, 2.24) is 0 Å². The largest absolute Gasteiger partial charge is 0.510 e. The maximum Gasteiger partial charge on any atom is 0.215 e. The first-order valence-electron chi connectivity index (χ1n) is 16.9. The fourth-order valence-corrected chi connectivity index (χ4v) is 7.26. The molecule has 2 heterocycles. The van der Waals surface area contributed by atoms with Crippen LogP contribution in [0.3, 0.4) is 0 Å². The summed E-state index contributed by atoms with van der Waals surface area (Å²) in [6.45, 7) is 0. The molecule has 0 radical (unpaired) electrons. The van der Waals surface area contributed by atoms with Crippen LogP contribution in [-0.4, -0.2) is 123 Å². The van der Waals surface area contributed by atoms with Gasteiger partial charge in [0.15, 0.2) is 59.6 Å². The van der Waals surface area contributed by atoms with Crippen molar-refractivity contribution >= 4 is 0 Å². The van der Waals surface area contributed by atoms with E-state index in [-0.39, 0.29) is 76.8 Å². The van der Waals surface area contributed by atoms with Crippen LogP contribution in [0.2, 0.25) is 0 Å². The highest BCUT2D eigenvalue weighted by atomic mass is 16.6. The maximum absolute atomic E-state index is 11.1. The van der Waals surface area contributed by atoms with Gasteiger partial charge in [-0.1, -0.05) is 0 Å². The Bertz CT molecular complexity index is 1970. The molecule has 8 rings (SSSR count). The molecule has 2 aliphatic heterocycles. The molecule has 2 aromatic rings. The van der Waals surface area contributed by atoms with E-state index in [9.17, 15) is 56.2 Å². The van der Waals surface area contributed by atoms with E-state index in [1.54, 1.807) is 0 Å². The van der Waals surface area contributed by atoms with Crippen molar-refractivity contribution in [2.45, 2.75) is 86.4 Å². The Hall–Kier alpha value is -5.66. The molecule has 4 aliphatic carbocycles. The molecule has 1 saturated carbocycles. The van der Waals surface area contributed by atoms with E-state index < -0.39 is 90.2 Å². The molecule has 11 N–H and O–H groups in total. The third kappa shape index (κ3) is 6.36. The van der Waals surface area contributed by atoms with E-state index in [1.807, 2.05) is 0 Å². The molecule has 18 heteroatoms. The van der Waals surface area contributed by atoms with Gasteiger partial charge in [0, 0.05) is 55.7 Å². The molecule has 288 valence electrons. The van der Waals surface area contributed by atoms with Crippen LogP contribution in [0.15, 0.2) is 83.1 Å². The quantitative estimate of drug-likeness (QED) is 0.200. The molecule has 0 spiro atoms. The lowest BCUT2D eigenvalue weighted by molar-refractivity contribution is -0.200. The standard InChI is InChI=1S/C36H36O18/c37-12-1-13(38)3-15(2-12)49-31-22(44)10-25(47)34-35(31)54-30-21(43)8-17(9-27(30)52-34)48-28-19(41)6-16(7-20(28)42)50-32-23(45)11-24(46)33-36(32)53-29-18(40)4-14(39)5-26(29)51-33/h1-3,5,8-11,14,16,19-20,24,27-28,30,32-33,36-47H,4,6-7H2. The predicted octanol–water partition coefficient (Wildman–Crippen LogP) is 1.82. The van der Waals surface area contributed by atoms with E-state index in [0.717, 1.165) is 30.3 Å². The lowest BCUT2D eigenvalue weighted by Crippen LogP contribution is -2.57. The number of hydrogen-bond acceptors (Lipinski definition) is 18. The van der Waals surface area contributed by atoms with Crippen LogP contribution in [0.4, 0.5) is 0 Å². The zero-order valence-corrected chi connectivity index (χ0v) is 27.9. The summed E-state index contributed by atoms with van der Waals surface area (Å²) in [7, 11) is 0. The van der Waals surface area contributed by atoms with Crippen molar-refractivity contribution < 1.29 is 89.3 Å². The van der Waals surface area contributed by atoms with Crippen molar-refractivity contribution in [2.24, 2.45) is 0 Å². The Labute approximate surface area is 304 Å². The number of phenols is 4. The van der Waals surface area contributed by atoms with Crippen LogP contribution in [0.5, 0.6) is 46.0 Å². The van der Waals surface area contributed by atoms with E-state index in [2.05, 4.69) is 0 Å². The van der Waals surface area contributed by atoms with Crippen LogP contribution in [0, 0.1) is 0 Å². The van der Waals surface area contributed by atoms with Crippen molar-refractivity contribution in [3.8, 4) is 46.0 Å². The van der Waals surface area contributed by atoms with Crippen molar-refractivity contribution in [3.63, 3.8) is 0 Å². The minimum absolute atomic E-state index is 0.0276. The summed E-state index contributed by atoms with van der Waals surface area (Å²) >= 11 is 0. The summed E-state index contributed by atoms with van der Waals surface area (Å²) < 4.78 is 41.3. The van der Waals surface area contributed by atoms with Crippen LogP contribution < -0.4 is 14.2 Å². The molecule has 0 amide bonds. The Morgan fingerprint density at radius 2 is 1.41 bits per heavy atom. The maximum atomic E-state index is 11.1. The molecule has 9 unspecified atom stereocenters. The Kier molecular flexibility index (Phi) is 8.73. The second kappa shape index (κ2) is 13.3. The first-order valence-corrected chi connectivity index (χ1v) is 16.9. The van der Waals surface area contributed by atoms with Gasteiger partial charge < -0.3 is 89.3 Å². The van der Waals surface area contributed by atoms with Gasteiger partial charge in [-0.05, 0) is 12.2 Å². The van der Waals surface area contributed by atoms with Crippen LogP contribution in [-0.2, 0) is 18.9 Å². The zero-order valence-electron chi connectivity index (χ0n) is 27.9. The first-order chi connectivity index (χ1) is 25.7. The molecule has 54 heavy (non-hydrogen) atoms. The van der Waals surface area contributed by atoms with Gasteiger partial charge in [-0.2, -0.15) is 0 Å². The van der Waals surface area contributed by atoms with Crippen LogP contribution >= 0.6 is 0 Å². The molecule has 0 bridgehead atoms. The summed E-state index contributed by atoms with van der Waals surface area (Å²) in [4.78, 5) is 0. The lowest BCUT2D eigenvalue weighted by Gasteiger charge is -2.45. The van der Waals surface area contributed by atoms with Crippen molar-refractivity contribution in [1.29, 1.82) is 0 Å². The fourth-order valence-electron chi connectivity index (χ4n) is 7.26. The number of aliphatic hydroxyl groups is 7. The topological polar surface area (TPSA) is 287 Å². The molecule has 2 aromatic carbocycles. The summed E-state index contributed by atoms with van der Waals surface area (Å²) in [5.74, 6) is -4.01. The lowest BCUT2D eigenvalue weighted by atomic mass is 9.88. The van der Waals surface area contributed by atoms with Gasteiger partial charge in [0.2, 0.25) is 17.2 Å². The van der Waals surface area contributed by atoms with Gasteiger partial charge in [0.05, 0.1) is 24.4 Å². The normalized spacial score (nSPS) is 34.0. The number of fused-ring (bicyclic) bond motifs is 4. The van der Waals surface area contributed by atoms with Gasteiger partial charge in [-0.3, -0.25) is 0 Å². The number of rotatable bonds is 6. The second-order valence-corrected chi connectivity index (χ2v) is 13.6. The molecular formula is C36H36O18.